The highest BCUT2D eigenvalue weighted by Gasteiger charge is 2.45. The number of unbranched alkanes of at least 4 members (excludes halogenated alkanes) is 3. The van der Waals surface area contributed by atoms with Crippen molar-refractivity contribution in [2.45, 2.75) is 65.3 Å². The largest absolute Gasteiger partial charge is 0.507 e. The molecule has 1 aliphatic rings. The summed E-state index contributed by atoms with van der Waals surface area (Å²) in [5.74, 6) is -0.0495. The first kappa shape index (κ1) is 29.2. The van der Waals surface area contributed by atoms with E-state index in [0.29, 0.717) is 44.1 Å². The van der Waals surface area contributed by atoms with Gasteiger partial charge in [-0.05, 0) is 67.6 Å². The van der Waals surface area contributed by atoms with Gasteiger partial charge in [0.2, 0.25) is 0 Å². The molecule has 0 aliphatic carbocycles. The second-order valence-electron chi connectivity index (χ2n) is 9.64. The van der Waals surface area contributed by atoms with Gasteiger partial charge < -0.3 is 24.2 Å². The highest BCUT2D eigenvalue weighted by atomic mass is 16.5. The minimum Gasteiger partial charge on any atom is -0.507 e. The smallest absolute Gasteiger partial charge is 0.295 e. The van der Waals surface area contributed by atoms with E-state index in [1.54, 1.807) is 19.2 Å². The summed E-state index contributed by atoms with van der Waals surface area (Å²) in [5, 5.41) is 11.4. The van der Waals surface area contributed by atoms with E-state index in [-0.39, 0.29) is 11.3 Å². The van der Waals surface area contributed by atoms with Crippen molar-refractivity contribution < 1.29 is 28.9 Å². The van der Waals surface area contributed by atoms with Crippen LogP contribution in [0.3, 0.4) is 0 Å². The highest BCUT2D eigenvalue weighted by Crippen LogP contribution is 2.40. The zero-order chi connectivity index (χ0) is 27.5. The van der Waals surface area contributed by atoms with Crippen LogP contribution in [0, 0.1) is 6.92 Å². The molecular formula is C31H41NO6. The summed E-state index contributed by atoms with van der Waals surface area (Å²) in [5.41, 5.74) is 2.09. The van der Waals surface area contributed by atoms with E-state index in [9.17, 15) is 14.7 Å². The number of ether oxygens (including phenoxy) is 3. The molecule has 0 aromatic heterocycles. The molecule has 38 heavy (non-hydrogen) atoms. The van der Waals surface area contributed by atoms with E-state index in [1.807, 2.05) is 37.3 Å². The number of aliphatic hydroxyl groups excluding tert-OH is 1. The molecule has 7 heteroatoms. The third-order valence-corrected chi connectivity index (χ3v) is 6.72. The Hall–Kier alpha value is -3.32. The molecule has 0 spiro atoms. The number of hydrogen-bond donors (Lipinski definition) is 1. The van der Waals surface area contributed by atoms with Crippen molar-refractivity contribution in [3.05, 3.63) is 64.7 Å². The van der Waals surface area contributed by atoms with Crippen LogP contribution in [0.4, 0.5) is 0 Å². The lowest BCUT2D eigenvalue weighted by molar-refractivity contribution is -0.140. The minimum absolute atomic E-state index is 0.0896. The molecule has 3 rings (SSSR count). The molecule has 0 bridgehead atoms. The lowest BCUT2D eigenvalue weighted by Crippen LogP contribution is -2.31. The van der Waals surface area contributed by atoms with Gasteiger partial charge in [-0.15, -0.1) is 0 Å². The van der Waals surface area contributed by atoms with Crippen molar-refractivity contribution in [3.63, 3.8) is 0 Å². The fourth-order valence-corrected chi connectivity index (χ4v) is 4.60. The molecule has 1 atom stereocenters. The molecule has 1 fully saturated rings. The lowest BCUT2D eigenvalue weighted by atomic mass is 9.93. The summed E-state index contributed by atoms with van der Waals surface area (Å²) in [7, 11) is 1.60. The maximum absolute atomic E-state index is 13.3. The van der Waals surface area contributed by atoms with E-state index in [2.05, 4.69) is 13.8 Å². The molecular weight excluding hydrogens is 482 g/mol. The van der Waals surface area contributed by atoms with Gasteiger partial charge in [0.15, 0.2) is 0 Å². The monoisotopic (exact) mass is 523 g/mol. The number of rotatable bonds is 15. The molecule has 206 valence electrons. The number of Topliss-reactive ketones (excluding diaryl/α,β-unsaturated/α-hetero) is 1. The summed E-state index contributed by atoms with van der Waals surface area (Å²) < 4.78 is 16.8. The molecule has 0 saturated carbocycles. The van der Waals surface area contributed by atoms with Crippen LogP contribution in [0.1, 0.15) is 75.1 Å². The summed E-state index contributed by atoms with van der Waals surface area (Å²) in [4.78, 5) is 27.9. The Morgan fingerprint density at radius 1 is 0.868 bits per heavy atom. The Balaban J connectivity index is 1.96. The number of ketones is 1. The number of benzene rings is 2. The van der Waals surface area contributed by atoms with Gasteiger partial charge >= 0.3 is 0 Å². The quantitative estimate of drug-likeness (QED) is 0.129. The number of aryl methyl sites for hydroxylation is 1. The van der Waals surface area contributed by atoms with Gasteiger partial charge in [-0.1, -0.05) is 45.2 Å². The number of nitrogens with zero attached hydrogens (tertiary/aromatic N) is 1. The Kier molecular flexibility index (Phi) is 11.2. The molecule has 2 aromatic rings. The number of amides is 1. The van der Waals surface area contributed by atoms with Gasteiger partial charge in [0.1, 0.15) is 17.3 Å². The molecule has 1 amide bonds. The second-order valence-corrected chi connectivity index (χ2v) is 9.64. The molecule has 0 radical (unpaired) electrons. The van der Waals surface area contributed by atoms with E-state index in [0.717, 1.165) is 49.0 Å². The Morgan fingerprint density at radius 2 is 1.53 bits per heavy atom. The van der Waals surface area contributed by atoms with Crippen LogP contribution >= 0.6 is 0 Å². The van der Waals surface area contributed by atoms with Crippen molar-refractivity contribution in [1.82, 2.24) is 4.90 Å². The molecule has 1 aliphatic heterocycles. The molecule has 1 N–H and O–H groups in total. The van der Waals surface area contributed by atoms with E-state index in [1.165, 1.54) is 4.90 Å². The SMILES string of the molecule is CCCCCOc1ccc(C2/C(=C(\O)c3ccc(OCCCC)cc3C)C(=O)C(=O)N2CCCOC)cc1. The van der Waals surface area contributed by atoms with E-state index in [4.69, 9.17) is 14.2 Å². The van der Waals surface area contributed by atoms with Gasteiger partial charge in [-0.2, -0.15) is 0 Å². The van der Waals surface area contributed by atoms with E-state index < -0.39 is 17.7 Å². The summed E-state index contributed by atoms with van der Waals surface area (Å²) in [6.07, 6.45) is 5.78. The summed E-state index contributed by atoms with van der Waals surface area (Å²) in [6, 6.07) is 12.1. The molecule has 1 saturated heterocycles. The van der Waals surface area contributed by atoms with Crippen LogP contribution in [0.2, 0.25) is 0 Å². The molecule has 7 nitrogen and oxygen atoms in total. The van der Waals surface area contributed by atoms with Gasteiger partial charge in [0, 0.05) is 25.8 Å². The number of hydrogen-bond acceptors (Lipinski definition) is 6. The molecule has 1 unspecified atom stereocenters. The lowest BCUT2D eigenvalue weighted by Gasteiger charge is -2.25. The molecule has 2 aromatic carbocycles. The fraction of sp³-hybridized carbons (Fsp3) is 0.484. The summed E-state index contributed by atoms with van der Waals surface area (Å²) >= 11 is 0. The number of carbonyl (C=O) groups is 2. The maximum atomic E-state index is 13.3. The zero-order valence-corrected chi connectivity index (χ0v) is 23.1. The first-order valence-electron chi connectivity index (χ1n) is 13.7. The Labute approximate surface area is 226 Å². The number of carbonyl (C=O) groups excluding carboxylic acids is 2. The standard InChI is InChI=1S/C31H41NO6/c1-5-7-9-20-37-24-13-11-23(12-14-24)28-27(30(34)31(35)32(28)17-10-18-36-4)29(33)26-16-15-25(21-22(26)3)38-19-8-6-2/h11-16,21,28,33H,5-10,17-20H2,1-4H3/b29-27+. The summed E-state index contributed by atoms with van der Waals surface area (Å²) in [6.45, 7) is 8.15. The van der Waals surface area contributed by atoms with Crippen LogP contribution in [0.15, 0.2) is 48.0 Å². The number of likely N-dealkylation sites (tertiary alicyclic amines) is 1. The van der Waals surface area contributed by atoms with Crippen LogP contribution in [0.25, 0.3) is 5.76 Å². The van der Waals surface area contributed by atoms with Crippen LogP contribution in [-0.2, 0) is 14.3 Å². The predicted molar refractivity (Wildman–Crippen MR) is 149 cm³/mol. The average Bonchev–Trinajstić information content (AvgIpc) is 3.16. The van der Waals surface area contributed by atoms with Gasteiger partial charge in [-0.25, -0.2) is 0 Å². The van der Waals surface area contributed by atoms with Crippen molar-refractivity contribution in [3.8, 4) is 11.5 Å². The number of aliphatic hydroxyl groups is 1. The van der Waals surface area contributed by atoms with Crippen molar-refractivity contribution in [2.75, 3.05) is 33.5 Å². The normalized spacial score (nSPS) is 16.7. The topological polar surface area (TPSA) is 85.3 Å². The second kappa shape index (κ2) is 14.6. The Bertz CT molecular complexity index is 1110. The van der Waals surface area contributed by atoms with Gasteiger partial charge in [0.25, 0.3) is 11.7 Å². The van der Waals surface area contributed by atoms with Crippen LogP contribution in [-0.4, -0.2) is 55.2 Å². The van der Waals surface area contributed by atoms with Crippen molar-refractivity contribution >= 4 is 17.4 Å². The Morgan fingerprint density at radius 3 is 2.18 bits per heavy atom. The van der Waals surface area contributed by atoms with Crippen LogP contribution in [0.5, 0.6) is 11.5 Å². The average molecular weight is 524 g/mol. The van der Waals surface area contributed by atoms with Gasteiger partial charge in [0.05, 0.1) is 24.8 Å². The van der Waals surface area contributed by atoms with Crippen molar-refractivity contribution in [1.29, 1.82) is 0 Å². The number of methoxy groups -OCH3 is 1. The maximum Gasteiger partial charge on any atom is 0.295 e. The van der Waals surface area contributed by atoms with E-state index >= 15 is 0 Å². The van der Waals surface area contributed by atoms with Gasteiger partial charge in [-0.3, -0.25) is 9.59 Å². The fourth-order valence-electron chi connectivity index (χ4n) is 4.60. The zero-order valence-electron chi connectivity index (χ0n) is 23.1. The minimum atomic E-state index is -0.708. The first-order valence-corrected chi connectivity index (χ1v) is 13.7. The molecule has 1 heterocycles. The van der Waals surface area contributed by atoms with Crippen LogP contribution < -0.4 is 9.47 Å². The first-order chi connectivity index (χ1) is 18.4. The third-order valence-electron chi connectivity index (χ3n) is 6.72. The third kappa shape index (κ3) is 7.16. The van der Waals surface area contributed by atoms with Crippen molar-refractivity contribution in [2.24, 2.45) is 0 Å². The predicted octanol–water partition coefficient (Wildman–Crippen LogP) is 6.20. The highest BCUT2D eigenvalue weighted by molar-refractivity contribution is 6.46.